The van der Waals surface area contributed by atoms with Gasteiger partial charge in [-0.15, -0.1) is 0 Å². The number of hydrogen-bond acceptors (Lipinski definition) is 0. The van der Waals surface area contributed by atoms with Gasteiger partial charge in [0.2, 0.25) is 0 Å². The van der Waals surface area contributed by atoms with E-state index < -0.39 is 17.5 Å². The van der Waals surface area contributed by atoms with Crippen molar-refractivity contribution in [1.29, 1.82) is 0 Å². The first-order chi connectivity index (χ1) is 11.0. The molecule has 0 amide bonds. The van der Waals surface area contributed by atoms with E-state index in [1.54, 1.807) is 0 Å². The van der Waals surface area contributed by atoms with E-state index in [1.807, 2.05) is 0 Å². The quantitative estimate of drug-likeness (QED) is 0.460. The van der Waals surface area contributed by atoms with Crippen LogP contribution in [0, 0.1) is 23.7 Å². The molecule has 0 unspecified atom stereocenters. The van der Waals surface area contributed by atoms with Gasteiger partial charge in [0.25, 0.3) is 0 Å². The van der Waals surface area contributed by atoms with Crippen molar-refractivity contribution in [3.05, 3.63) is 23.6 Å². The van der Waals surface area contributed by atoms with Gasteiger partial charge in [-0.25, -0.2) is 13.2 Å². The molecule has 0 atom stereocenters. The normalized spacial score (nSPS) is 34.2. The molecule has 23 heavy (non-hydrogen) atoms. The molecule has 132 valence electrons. The number of allylic oxidation sites excluding steroid dienone is 4. The molecule has 2 fully saturated rings. The van der Waals surface area contributed by atoms with Gasteiger partial charge in [-0.1, -0.05) is 26.2 Å². The van der Waals surface area contributed by atoms with E-state index in [-0.39, 0.29) is 0 Å². The third-order valence-corrected chi connectivity index (χ3v) is 6.17. The second-order valence-electron chi connectivity index (χ2n) is 7.61. The highest BCUT2D eigenvalue weighted by Crippen LogP contribution is 2.42. The third-order valence-electron chi connectivity index (χ3n) is 6.17. The lowest BCUT2D eigenvalue weighted by Gasteiger charge is -2.37. The minimum atomic E-state index is -1.34. The van der Waals surface area contributed by atoms with Crippen molar-refractivity contribution >= 4 is 0 Å². The maximum Gasteiger partial charge on any atom is 0.189 e. The van der Waals surface area contributed by atoms with E-state index in [4.69, 9.17) is 0 Å². The average Bonchev–Trinajstić information content (AvgIpc) is 2.59. The predicted octanol–water partition coefficient (Wildman–Crippen LogP) is 7.42. The van der Waals surface area contributed by atoms with E-state index in [1.165, 1.54) is 51.0 Å². The van der Waals surface area contributed by atoms with Crippen LogP contribution in [0.4, 0.5) is 13.2 Å². The first kappa shape index (κ1) is 18.6. The maximum absolute atomic E-state index is 13.4. The minimum Gasteiger partial charge on any atom is -0.209 e. The zero-order valence-electron chi connectivity index (χ0n) is 14.6. The summed E-state index contributed by atoms with van der Waals surface area (Å²) in [5, 5.41) is 0. The lowest BCUT2D eigenvalue weighted by atomic mass is 9.68. The summed E-state index contributed by atoms with van der Waals surface area (Å²) < 4.78 is 39.2. The summed E-state index contributed by atoms with van der Waals surface area (Å²) in [5.41, 5.74) is 0. The Labute approximate surface area is 139 Å². The molecule has 2 rings (SSSR count). The molecule has 0 aliphatic heterocycles. The van der Waals surface area contributed by atoms with Crippen molar-refractivity contribution in [2.45, 2.75) is 78.1 Å². The van der Waals surface area contributed by atoms with Crippen molar-refractivity contribution in [3.8, 4) is 0 Å². The molecule has 2 aliphatic carbocycles. The van der Waals surface area contributed by atoms with Crippen molar-refractivity contribution in [3.63, 3.8) is 0 Å². The van der Waals surface area contributed by atoms with Gasteiger partial charge in [-0.3, -0.25) is 0 Å². The third kappa shape index (κ3) is 5.39. The fourth-order valence-electron chi connectivity index (χ4n) is 4.49. The predicted molar refractivity (Wildman–Crippen MR) is 89.9 cm³/mol. The van der Waals surface area contributed by atoms with Crippen LogP contribution in [0.15, 0.2) is 23.6 Å². The van der Waals surface area contributed by atoms with E-state index in [9.17, 15) is 13.2 Å². The van der Waals surface area contributed by atoms with Gasteiger partial charge in [0.15, 0.2) is 11.7 Å². The first-order valence-electron chi connectivity index (χ1n) is 9.39. The van der Waals surface area contributed by atoms with E-state index >= 15 is 0 Å². The van der Waals surface area contributed by atoms with Crippen LogP contribution >= 0.6 is 0 Å². The smallest absolute Gasteiger partial charge is 0.189 e. The molecule has 0 aromatic rings. The Balaban J connectivity index is 1.74. The van der Waals surface area contributed by atoms with Crippen LogP contribution in [0.5, 0.6) is 0 Å². The molecule has 0 N–H and O–H groups in total. The van der Waals surface area contributed by atoms with E-state index in [0.29, 0.717) is 12.3 Å². The maximum atomic E-state index is 13.4. The van der Waals surface area contributed by atoms with Gasteiger partial charge in [0.1, 0.15) is 5.83 Å². The molecule has 2 aliphatic rings. The lowest BCUT2D eigenvalue weighted by molar-refractivity contribution is 0.145. The Morgan fingerprint density at radius 1 is 0.826 bits per heavy atom. The molecule has 0 heterocycles. The molecule has 0 aromatic carbocycles. The van der Waals surface area contributed by atoms with Crippen LogP contribution < -0.4 is 0 Å². The van der Waals surface area contributed by atoms with Gasteiger partial charge >= 0.3 is 0 Å². The summed E-state index contributed by atoms with van der Waals surface area (Å²) in [4.78, 5) is 0. The summed E-state index contributed by atoms with van der Waals surface area (Å²) in [6.07, 6.45) is 13.3. The largest absolute Gasteiger partial charge is 0.209 e. The van der Waals surface area contributed by atoms with Crippen LogP contribution in [0.1, 0.15) is 78.1 Å². The highest BCUT2D eigenvalue weighted by Gasteiger charge is 2.30. The van der Waals surface area contributed by atoms with Crippen LogP contribution in [-0.2, 0) is 0 Å². The Morgan fingerprint density at radius 3 is 1.74 bits per heavy atom. The molecule has 0 radical (unpaired) electrons. The van der Waals surface area contributed by atoms with Gasteiger partial charge in [0.05, 0.1) is 0 Å². The Bertz CT molecular complexity index is 418. The highest BCUT2D eigenvalue weighted by molar-refractivity contribution is 5.20. The van der Waals surface area contributed by atoms with Crippen molar-refractivity contribution < 1.29 is 13.2 Å². The zero-order chi connectivity index (χ0) is 16.8. The SMILES string of the molecule is CCC1CCC(C2CCC(C/C=C(F)\C(F)=C(/C)F)CC2)CC1. The van der Waals surface area contributed by atoms with Crippen LogP contribution in [0.2, 0.25) is 0 Å². The van der Waals surface area contributed by atoms with Crippen LogP contribution in [-0.4, -0.2) is 0 Å². The van der Waals surface area contributed by atoms with Crippen LogP contribution in [0.25, 0.3) is 0 Å². The summed E-state index contributed by atoms with van der Waals surface area (Å²) in [7, 11) is 0. The summed E-state index contributed by atoms with van der Waals surface area (Å²) in [6.45, 7) is 3.24. The summed E-state index contributed by atoms with van der Waals surface area (Å²) >= 11 is 0. The lowest BCUT2D eigenvalue weighted by Crippen LogP contribution is -2.25. The second kappa shape index (κ2) is 8.94. The monoisotopic (exact) mass is 328 g/mol. The molecule has 2 saturated carbocycles. The minimum absolute atomic E-state index is 0.427. The molecule has 0 saturated heterocycles. The average molecular weight is 328 g/mol. The number of rotatable bonds is 5. The van der Waals surface area contributed by atoms with Crippen molar-refractivity contribution in [1.82, 2.24) is 0 Å². The van der Waals surface area contributed by atoms with Gasteiger partial charge in [-0.2, -0.15) is 0 Å². The highest BCUT2D eigenvalue weighted by atomic mass is 19.2. The summed E-state index contributed by atoms with van der Waals surface area (Å²) in [6, 6.07) is 0. The molecule has 0 spiro atoms. The molecule has 3 heteroatoms. The first-order valence-corrected chi connectivity index (χ1v) is 9.39. The van der Waals surface area contributed by atoms with Crippen molar-refractivity contribution in [2.24, 2.45) is 23.7 Å². The standard InChI is InChI=1S/C20H31F3/c1-3-15-4-9-17(10-5-15)18-11-6-16(7-12-18)8-13-19(22)20(23)14(2)21/h13,15-18H,3-12H2,1-2H3/b19-13+,20-14-. The number of halogens is 3. The Kier molecular flexibility index (Phi) is 7.23. The molecule has 0 nitrogen and oxygen atoms in total. The number of hydrogen-bond donors (Lipinski definition) is 0. The van der Waals surface area contributed by atoms with Crippen LogP contribution in [0.3, 0.4) is 0 Å². The molecular formula is C20H31F3. The van der Waals surface area contributed by atoms with Gasteiger partial charge in [-0.05, 0) is 81.6 Å². The molecular weight excluding hydrogens is 297 g/mol. The topological polar surface area (TPSA) is 0 Å². The van der Waals surface area contributed by atoms with Gasteiger partial charge in [0, 0.05) is 0 Å². The van der Waals surface area contributed by atoms with E-state index in [2.05, 4.69) is 6.92 Å². The van der Waals surface area contributed by atoms with Gasteiger partial charge < -0.3 is 0 Å². The fourth-order valence-corrected chi connectivity index (χ4v) is 4.49. The Hall–Kier alpha value is -0.730. The molecule has 0 bridgehead atoms. The van der Waals surface area contributed by atoms with E-state index in [0.717, 1.165) is 37.5 Å². The Morgan fingerprint density at radius 2 is 1.30 bits per heavy atom. The molecule has 0 aromatic heterocycles. The van der Waals surface area contributed by atoms with Crippen molar-refractivity contribution in [2.75, 3.05) is 0 Å². The zero-order valence-corrected chi connectivity index (χ0v) is 14.6. The fraction of sp³-hybridized carbons (Fsp3) is 0.800. The summed E-state index contributed by atoms with van der Waals surface area (Å²) in [5.74, 6) is -0.362. The second-order valence-corrected chi connectivity index (χ2v) is 7.61.